The van der Waals surface area contributed by atoms with E-state index in [1.165, 1.54) is 31.6 Å². The minimum absolute atomic E-state index is 0.154. The molecule has 9 nitrogen and oxygen atoms in total. The van der Waals surface area contributed by atoms with Crippen LogP contribution in [0.4, 0.5) is 13.2 Å². The van der Waals surface area contributed by atoms with Crippen LogP contribution in [-0.4, -0.2) is 60.1 Å². The number of pyridine rings is 1. The van der Waals surface area contributed by atoms with E-state index in [0.717, 1.165) is 11.1 Å². The predicted octanol–water partition coefficient (Wildman–Crippen LogP) is 3.41. The first-order valence-electron chi connectivity index (χ1n) is 11.0. The van der Waals surface area contributed by atoms with Crippen molar-refractivity contribution >= 4 is 5.91 Å². The maximum Gasteiger partial charge on any atom is 0.411 e. The number of hydrogen-bond donors (Lipinski definition) is 1. The number of hydrogen-bond acceptors (Lipinski definition) is 8. The molecule has 12 heteroatoms. The molecule has 36 heavy (non-hydrogen) atoms. The summed E-state index contributed by atoms with van der Waals surface area (Å²) in [5, 5.41) is 0. The van der Waals surface area contributed by atoms with Gasteiger partial charge in [0.05, 0.1) is 20.3 Å². The largest absolute Gasteiger partial charge is 0.493 e. The Morgan fingerprint density at radius 2 is 1.94 bits per heavy atom. The van der Waals surface area contributed by atoms with Gasteiger partial charge in [-0.1, -0.05) is 12.1 Å². The average molecular weight is 504 g/mol. The van der Waals surface area contributed by atoms with Crippen molar-refractivity contribution in [1.82, 2.24) is 20.4 Å². The van der Waals surface area contributed by atoms with E-state index in [9.17, 15) is 18.0 Å². The third-order valence-corrected chi connectivity index (χ3v) is 5.49. The third kappa shape index (κ3) is 6.46. The molecule has 1 aliphatic heterocycles. The lowest BCUT2D eigenvalue weighted by Gasteiger charge is -2.32. The quantitative estimate of drug-likeness (QED) is 0.442. The van der Waals surface area contributed by atoms with Gasteiger partial charge in [0, 0.05) is 47.4 Å². The highest BCUT2D eigenvalue weighted by Crippen LogP contribution is 2.37. The highest BCUT2D eigenvalue weighted by molar-refractivity contribution is 5.93. The average Bonchev–Trinajstić information content (AvgIpc) is 2.89. The Morgan fingerprint density at radius 1 is 1.19 bits per heavy atom. The van der Waals surface area contributed by atoms with E-state index in [1.807, 2.05) is 12.1 Å². The Morgan fingerprint density at radius 3 is 2.64 bits per heavy atom. The lowest BCUT2D eigenvalue weighted by Crippen LogP contribution is -2.42. The zero-order chi connectivity index (χ0) is 25.5. The van der Waals surface area contributed by atoms with Crippen molar-refractivity contribution in [3.63, 3.8) is 0 Å². The molecule has 4 rings (SSSR count). The molecule has 1 aromatic carbocycles. The number of carbonyl (C=O) groups excluding carboxylic acids is 1. The minimum Gasteiger partial charge on any atom is -0.493 e. The van der Waals surface area contributed by atoms with Crippen molar-refractivity contribution in [2.75, 3.05) is 26.9 Å². The number of rotatable bonds is 9. The zero-order valence-corrected chi connectivity index (χ0v) is 19.2. The first-order valence-corrected chi connectivity index (χ1v) is 11.0. The molecule has 0 aliphatic carbocycles. The number of benzene rings is 1. The highest BCUT2D eigenvalue weighted by Gasteiger charge is 2.33. The highest BCUT2D eigenvalue weighted by atomic mass is 19.4. The van der Waals surface area contributed by atoms with Gasteiger partial charge in [-0.05, 0) is 30.2 Å². The van der Waals surface area contributed by atoms with Gasteiger partial charge >= 0.3 is 12.2 Å². The van der Waals surface area contributed by atoms with Gasteiger partial charge in [-0.25, -0.2) is 15.4 Å². The van der Waals surface area contributed by atoms with E-state index in [2.05, 4.69) is 20.4 Å². The van der Waals surface area contributed by atoms with Gasteiger partial charge in [-0.2, -0.15) is 13.2 Å². The molecule has 190 valence electrons. The van der Waals surface area contributed by atoms with Crippen LogP contribution in [0.3, 0.4) is 0 Å². The molecule has 1 N–H and O–H groups in total. The van der Waals surface area contributed by atoms with E-state index in [-0.39, 0.29) is 18.2 Å². The fourth-order valence-electron chi connectivity index (χ4n) is 3.75. The molecule has 0 bridgehead atoms. The molecule has 2 aromatic heterocycles. The maximum atomic E-state index is 12.7. The van der Waals surface area contributed by atoms with Crippen LogP contribution in [0.15, 0.2) is 55.1 Å². The number of nitrogens with one attached hydrogen (secondary N) is 1. The van der Waals surface area contributed by atoms with Crippen molar-refractivity contribution in [2.45, 2.75) is 18.7 Å². The molecule has 1 unspecified atom stereocenters. The molecule has 1 amide bonds. The summed E-state index contributed by atoms with van der Waals surface area (Å²) in [6.07, 6.45) is 1.07. The van der Waals surface area contributed by atoms with E-state index in [0.29, 0.717) is 17.7 Å². The third-order valence-electron chi connectivity index (χ3n) is 5.49. The van der Waals surface area contributed by atoms with Gasteiger partial charge in [0.25, 0.3) is 5.91 Å². The number of halogens is 3. The number of ether oxygens (including phenoxy) is 3. The second-order valence-corrected chi connectivity index (χ2v) is 7.97. The normalized spacial score (nSPS) is 15.9. The Bertz CT molecular complexity index is 1160. The SMILES string of the molecule is COc1ncc(-c2cccc3c2C[C@H](C(COCC(F)(F)F)ONC(=O)c2ccncc2)CO3)cn1. The Kier molecular flexibility index (Phi) is 7.96. The van der Waals surface area contributed by atoms with Gasteiger partial charge in [0.15, 0.2) is 0 Å². The number of methoxy groups -OCH3 is 1. The smallest absolute Gasteiger partial charge is 0.411 e. The summed E-state index contributed by atoms with van der Waals surface area (Å²) in [5.74, 6) is -0.356. The van der Waals surface area contributed by atoms with Crippen molar-refractivity contribution in [1.29, 1.82) is 0 Å². The second-order valence-electron chi connectivity index (χ2n) is 7.97. The number of aromatic nitrogens is 3. The second kappa shape index (κ2) is 11.3. The molecular weight excluding hydrogens is 481 g/mol. The number of carbonyl (C=O) groups is 1. The van der Waals surface area contributed by atoms with E-state index >= 15 is 0 Å². The van der Waals surface area contributed by atoms with Crippen LogP contribution >= 0.6 is 0 Å². The summed E-state index contributed by atoms with van der Waals surface area (Å²) in [6.45, 7) is -1.70. The molecule has 0 saturated heterocycles. The van der Waals surface area contributed by atoms with Gasteiger partial charge < -0.3 is 14.2 Å². The topological polar surface area (TPSA) is 105 Å². The molecule has 0 fully saturated rings. The van der Waals surface area contributed by atoms with Crippen LogP contribution < -0.4 is 15.0 Å². The molecule has 0 saturated carbocycles. The Balaban J connectivity index is 1.52. The van der Waals surface area contributed by atoms with Gasteiger partial charge in [-0.15, -0.1) is 0 Å². The van der Waals surface area contributed by atoms with Crippen LogP contribution in [-0.2, 0) is 16.0 Å². The minimum atomic E-state index is -4.50. The summed E-state index contributed by atoms with van der Waals surface area (Å²) < 4.78 is 53.9. The monoisotopic (exact) mass is 504 g/mol. The van der Waals surface area contributed by atoms with Gasteiger partial charge in [0.1, 0.15) is 18.5 Å². The van der Waals surface area contributed by atoms with E-state index < -0.39 is 37.3 Å². The number of amides is 1. The van der Waals surface area contributed by atoms with Crippen molar-refractivity contribution in [3.05, 3.63) is 66.2 Å². The number of hydroxylamine groups is 1. The van der Waals surface area contributed by atoms with Gasteiger partial charge in [0.2, 0.25) is 0 Å². The molecule has 0 radical (unpaired) electrons. The summed E-state index contributed by atoms with van der Waals surface area (Å²) in [7, 11) is 1.46. The van der Waals surface area contributed by atoms with Crippen LogP contribution in [0.2, 0.25) is 0 Å². The summed E-state index contributed by atoms with van der Waals surface area (Å²) >= 11 is 0. The first kappa shape index (κ1) is 25.3. The van der Waals surface area contributed by atoms with E-state index in [4.69, 9.17) is 19.0 Å². The summed E-state index contributed by atoms with van der Waals surface area (Å²) in [4.78, 5) is 30.1. The van der Waals surface area contributed by atoms with Crippen LogP contribution in [0.1, 0.15) is 15.9 Å². The summed E-state index contributed by atoms with van der Waals surface area (Å²) in [5.41, 5.74) is 4.92. The molecule has 1 aliphatic rings. The lowest BCUT2D eigenvalue weighted by molar-refractivity contribution is -0.187. The fourth-order valence-corrected chi connectivity index (χ4v) is 3.75. The Hall–Kier alpha value is -3.77. The Labute approximate surface area is 204 Å². The molecule has 2 atom stereocenters. The molecule has 0 spiro atoms. The first-order chi connectivity index (χ1) is 17.3. The predicted molar refractivity (Wildman–Crippen MR) is 120 cm³/mol. The van der Waals surface area contributed by atoms with E-state index in [1.54, 1.807) is 18.5 Å². The number of fused-ring (bicyclic) bond motifs is 1. The van der Waals surface area contributed by atoms with Crippen molar-refractivity contribution in [2.24, 2.45) is 5.92 Å². The fraction of sp³-hybridized carbons (Fsp3) is 0.333. The van der Waals surface area contributed by atoms with Crippen molar-refractivity contribution < 1.29 is 37.0 Å². The number of nitrogens with zero attached hydrogens (tertiary/aromatic N) is 3. The van der Waals surface area contributed by atoms with Crippen LogP contribution in [0, 0.1) is 5.92 Å². The number of alkyl halides is 3. The molecule has 3 heterocycles. The molecule has 3 aromatic rings. The summed E-state index contributed by atoms with van der Waals surface area (Å²) in [6, 6.07) is 8.69. The standard InChI is InChI=1S/C24H23F3N4O5/c1-33-23-29-10-17(11-30-23)18-3-2-4-20-19(18)9-16(12-35-20)21(13-34-14-24(25,26)27)36-31-22(32)15-5-7-28-8-6-15/h2-8,10-11,16,21H,9,12-14H2,1H3,(H,31,32)/t16-,21?/m0/s1. The maximum absolute atomic E-state index is 12.7. The van der Waals surface area contributed by atoms with Crippen LogP contribution in [0.5, 0.6) is 11.8 Å². The van der Waals surface area contributed by atoms with Gasteiger partial charge in [-0.3, -0.25) is 14.6 Å². The van der Waals surface area contributed by atoms with Crippen LogP contribution in [0.25, 0.3) is 11.1 Å². The van der Waals surface area contributed by atoms with Crippen molar-refractivity contribution in [3.8, 4) is 22.9 Å². The molecular formula is C24H23F3N4O5. The lowest BCUT2D eigenvalue weighted by atomic mass is 9.88. The zero-order valence-electron chi connectivity index (χ0n) is 19.2.